The summed E-state index contributed by atoms with van der Waals surface area (Å²) in [5, 5.41) is 1.05. The fraction of sp³-hybridized carbons (Fsp3) is 0.500. The Morgan fingerprint density at radius 2 is 2.06 bits per heavy atom. The van der Waals surface area contributed by atoms with E-state index in [1.165, 1.54) is 17.8 Å². The lowest BCUT2D eigenvalue weighted by Gasteiger charge is -2.15. The van der Waals surface area contributed by atoms with Gasteiger partial charge in [0.2, 0.25) is 0 Å². The molecule has 1 aromatic heterocycles. The van der Waals surface area contributed by atoms with E-state index in [1.54, 1.807) is 0 Å². The summed E-state index contributed by atoms with van der Waals surface area (Å²) >= 11 is 3.60. The number of imidazole rings is 1. The van der Waals surface area contributed by atoms with Crippen LogP contribution in [-0.4, -0.2) is 14.9 Å². The number of alkyl halides is 1. The van der Waals surface area contributed by atoms with Crippen LogP contribution in [0.3, 0.4) is 0 Å². The Bertz CT molecular complexity index is 486. The van der Waals surface area contributed by atoms with Crippen LogP contribution in [0.5, 0.6) is 0 Å². The monoisotopic (exact) mass is 294 g/mol. The van der Waals surface area contributed by atoms with Gasteiger partial charge in [-0.15, -0.1) is 0 Å². The first-order valence-corrected chi connectivity index (χ1v) is 7.42. The first-order valence-electron chi connectivity index (χ1n) is 6.30. The maximum atomic E-state index is 4.70. The summed E-state index contributed by atoms with van der Waals surface area (Å²) in [5.74, 6) is 1.88. The minimum Gasteiger partial charge on any atom is -0.328 e. The van der Waals surface area contributed by atoms with Gasteiger partial charge in [-0.3, -0.25) is 0 Å². The zero-order valence-electron chi connectivity index (χ0n) is 10.5. The van der Waals surface area contributed by atoms with Crippen molar-refractivity contribution in [3.8, 4) is 0 Å². The van der Waals surface area contributed by atoms with Crippen LogP contribution in [0.15, 0.2) is 24.3 Å². The molecular formula is C14H19BrN2. The number of nitrogens with zero attached hydrogens (tertiary/aromatic N) is 2. The van der Waals surface area contributed by atoms with E-state index in [1.807, 2.05) is 0 Å². The first kappa shape index (κ1) is 12.6. The van der Waals surface area contributed by atoms with Gasteiger partial charge in [0.1, 0.15) is 5.82 Å². The van der Waals surface area contributed by atoms with E-state index in [0.717, 1.165) is 23.8 Å². The summed E-state index contributed by atoms with van der Waals surface area (Å²) < 4.78 is 2.38. The third kappa shape index (κ3) is 2.54. The lowest BCUT2D eigenvalue weighted by atomic mass is 10.1. The highest BCUT2D eigenvalue weighted by Crippen LogP contribution is 2.20. The molecule has 0 aliphatic rings. The molecule has 0 N–H and O–H groups in total. The Hall–Kier alpha value is -0.830. The average Bonchev–Trinajstić information content (AvgIpc) is 2.73. The quantitative estimate of drug-likeness (QED) is 0.762. The summed E-state index contributed by atoms with van der Waals surface area (Å²) in [7, 11) is 0. The molecule has 1 heterocycles. The van der Waals surface area contributed by atoms with Crippen molar-refractivity contribution in [2.24, 2.45) is 5.92 Å². The predicted molar refractivity (Wildman–Crippen MR) is 76.7 cm³/mol. The first-order chi connectivity index (χ1) is 8.30. The minimum atomic E-state index is 0.679. The van der Waals surface area contributed by atoms with Gasteiger partial charge in [0.25, 0.3) is 0 Å². The van der Waals surface area contributed by atoms with E-state index in [4.69, 9.17) is 4.98 Å². The van der Waals surface area contributed by atoms with Gasteiger partial charge in [0.15, 0.2) is 0 Å². The summed E-state index contributed by atoms with van der Waals surface area (Å²) in [6.07, 6.45) is 2.19. The number of rotatable bonds is 5. The van der Waals surface area contributed by atoms with Crippen molar-refractivity contribution < 1.29 is 0 Å². The van der Waals surface area contributed by atoms with Crippen LogP contribution in [0.25, 0.3) is 11.0 Å². The number of para-hydroxylation sites is 2. The molecule has 0 radical (unpaired) electrons. The second kappa shape index (κ2) is 5.67. The smallest absolute Gasteiger partial charge is 0.109 e. The zero-order chi connectivity index (χ0) is 12.3. The molecule has 1 aromatic carbocycles. The molecule has 92 valence electrons. The second-order valence-corrected chi connectivity index (χ2v) is 5.06. The van der Waals surface area contributed by atoms with Crippen LogP contribution >= 0.6 is 15.9 Å². The molecule has 0 fully saturated rings. The standard InChI is InChI=1S/C14H19BrN2/c1-3-11(9-15)10-17-13-8-6-5-7-12(13)16-14(17)4-2/h5-8,11H,3-4,9-10H2,1-2H3. The Morgan fingerprint density at radius 1 is 1.29 bits per heavy atom. The highest BCUT2D eigenvalue weighted by Gasteiger charge is 2.12. The fourth-order valence-corrected chi connectivity index (χ4v) is 2.81. The third-order valence-corrected chi connectivity index (χ3v) is 4.20. The molecule has 0 spiro atoms. The highest BCUT2D eigenvalue weighted by atomic mass is 79.9. The largest absolute Gasteiger partial charge is 0.328 e. The van der Waals surface area contributed by atoms with Crippen LogP contribution in [0.4, 0.5) is 0 Å². The molecule has 1 unspecified atom stereocenters. The Labute approximate surface area is 111 Å². The van der Waals surface area contributed by atoms with Crippen LogP contribution in [-0.2, 0) is 13.0 Å². The predicted octanol–water partition coefficient (Wildman–Crippen LogP) is 4.02. The molecule has 0 amide bonds. The van der Waals surface area contributed by atoms with Crippen LogP contribution in [0.1, 0.15) is 26.1 Å². The van der Waals surface area contributed by atoms with Crippen LogP contribution < -0.4 is 0 Å². The van der Waals surface area contributed by atoms with E-state index < -0.39 is 0 Å². The van der Waals surface area contributed by atoms with Gasteiger partial charge >= 0.3 is 0 Å². The van der Waals surface area contributed by atoms with E-state index in [2.05, 4.69) is 58.6 Å². The number of benzene rings is 1. The van der Waals surface area contributed by atoms with Gasteiger partial charge in [0.05, 0.1) is 11.0 Å². The Kier molecular flexibility index (Phi) is 4.21. The topological polar surface area (TPSA) is 17.8 Å². The number of aromatic nitrogens is 2. The normalized spacial score (nSPS) is 13.1. The maximum absolute atomic E-state index is 4.70. The maximum Gasteiger partial charge on any atom is 0.109 e. The van der Waals surface area contributed by atoms with Gasteiger partial charge in [-0.05, 0) is 18.1 Å². The van der Waals surface area contributed by atoms with Crippen molar-refractivity contribution in [3.63, 3.8) is 0 Å². The number of halogens is 1. The van der Waals surface area contributed by atoms with Crippen molar-refractivity contribution in [2.45, 2.75) is 33.2 Å². The molecule has 0 aliphatic heterocycles. The molecule has 2 aromatic rings. The summed E-state index contributed by atoms with van der Waals surface area (Å²) in [6, 6.07) is 8.42. The van der Waals surface area contributed by atoms with Crippen molar-refractivity contribution in [2.75, 3.05) is 5.33 Å². The summed E-state index contributed by atoms with van der Waals surface area (Å²) in [6.45, 7) is 5.48. The van der Waals surface area contributed by atoms with Gasteiger partial charge < -0.3 is 4.57 Å². The van der Waals surface area contributed by atoms with Crippen LogP contribution in [0.2, 0.25) is 0 Å². The molecule has 1 atom stereocenters. The van der Waals surface area contributed by atoms with Gasteiger partial charge in [-0.2, -0.15) is 0 Å². The Morgan fingerprint density at radius 3 is 2.71 bits per heavy atom. The van der Waals surface area contributed by atoms with Crippen molar-refractivity contribution in [3.05, 3.63) is 30.1 Å². The van der Waals surface area contributed by atoms with E-state index in [-0.39, 0.29) is 0 Å². The molecule has 2 nitrogen and oxygen atoms in total. The van der Waals surface area contributed by atoms with Crippen molar-refractivity contribution >= 4 is 27.0 Å². The van der Waals surface area contributed by atoms with Crippen molar-refractivity contribution in [1.82, 2.24) is 9.55 Å². The molecule has 3 heteroatoms. The SMILES string of the molecule is CCc1nc2ccccc2n1CC(CC)CBr. The molecule has 0 bridgehead atoms. The zero-order valence-corrected chi connectivity index (χ0v) is 12.1. The van der Waals surface area contributed by atoms with Gasteiger partial charge in [-0.1, -0.05) is 48.3 Å². The summed E-state index contributed by atoms with van der Waals surface area (Å²) in [5.41, 5.74) is 2.39. The van der Waals surface area contributed by atoms with E-state index >= 15 is 0 Å². The number of fused-ring (bicyclic) bond motifs is 1. The molecule has 0 aliphatic carbocycles. The molecular weight excluding hydrogens is 276 g/mol. The van der Waals surface area contributed by atoms with Crippen LogP contribution in [0, 0.1) is 5.92 Å². The Balaban J connectivity index is 2.42. The lowest BCUT2D eigenvalue weighted by Crippen LogP contribution is -2.13. The average molecular weight is 295 g/mol. The summed E-state index contributed by atoms with van der Waals surface area (Å²) in [4.78, 5) is 4.70. The number of aryl methyl sites for hydroxylation is 1. The second-order valence-electron chi connectivity index (χ2n) is 4.41. The fourth-order valence-electron chi connectivity index (χ4n) is 2.14. The van der Waals surface area contributed by atoms with E-state index in [0.29, 0.717) is 5.92 Å². The minimum absolute atomic E-state index is 0.679. The molecule has 0 saturated heterocycles. The molecule has 0 saturated carbocycles. The van der Waals surface area contributed by atoms with Gasteiger partial charge in [0, 0.05) is 18.3 Å². The number of hydrogen-bond donors (Lipinski definition) is 0. The molecule has 2 rings (SSSR count). The van der Waals surface area contributed by atoms with Crippen molar-refractivity contribution in [1.29, 1.82) is 0 Å². The highest BCUT2D eigenvalue weighted by molar-refractivity contribution is 9.09. The van der Waals surface area contributed by atoms with E-state index in [9.17, 15) is 0 Å². The third-order valence-electron chi connectivity index (χ3n) is 3.29. The number of hydrogen-bond acceptors (Lipinski definition) is 1. The van der Waals surface area contributed by atoms with Gasteiger partial charge in [-0.25, -0.2) is 4.98 Å². The molecule has 17 heavy (non-hydrogen) atoms. The lowest BCUT2D eigenvalue weighted by molar-refractivity contribution is 0.476.